The first-order chi connectivity index (χ1) is 9.78. The monoisotopic (exact) mass is 308 g/mol. The second-order valence-electron chi connectivity index (χ2n) is 6.07. The van der Waals surface area contributed by atoms with E-state index in [9.17, 15) is 4.79 Å². The van der Waals surface area contributed by atoms with Crippen molar-refractivity contribution in [1.29, 1.82) is 0 Å². The summed E-state index contributed by atoms with van der Waals surface area (Å²) in [7, 11) is 1.96. The summed E-state index contributed by atoms with van der Waals surface area (Å²) >= 11 is 0. The second-order valence-corrected chi connectivity index (χ2v) is 6.07. The van der Waals surface area contributed by atoms with E-state index in [0.717, 1.165) is 25.9 Å². The van der Waals surface area contributed by atoms with Crippen LogP contribution in [0.3, 0.4) is 0 Å². The van der Waals surface area contributed by atoms with Gasteiger partial charge in [0.15, 0.2) is 0 Å². The van der Waals surface area contributed by atoms with Crippen LogP contribution < -0.4 is 5.32 Å². The zero-order chi connectivity index (χ0) is 13.9. The van der Waals surface area contributed by atoms with Crippen LogP contribution >= 0.6 is 12.4 Å². The Morgan fingerprint density at radius 1 is 1.29 bits per heavy atom. The molecule has 1 aliphatic heterocycles. The Hall–Kier alpha value is -1.06. The molecule has 21 heavy (non-hydrogen) atoms. The lowest BCUT2D eigenvalue weighted by atomic mass is 10.0. The van der Waals surface area contributed by atoms with Gasteiger partial charge in [0, 0.05) is 19.1 Å². The molecular weight excluding hydrogens is 284 g/mol. The molecule has 1 heterocycles. The van der Waals surface area contributed by atoms with Gasteiger partial charge in [0.25, 0.3) is 0 Å². The fourth-order valence-corrected chi connectivity index (χ4v) is 3.62. The van der Waals surface area contributed by atoms with Crippen LogP contribution in [0.4, 0.5) is 0 Å². The zero-order valence-electron chi connectivity index (χ0n) is 12.7. The first kappa shape index (κ1) is 16.3. The van der Waals surface area contributed by atoms with Gasteiger partial charge in [0.2, 0.25) is 5.91 Å². The van der Waals surface area contributed by atoms with E-state index >= 15 is 0 Å². The van der Waals surface area contributed by atoms with Gasteiger partial charge in [0.1, 0.15) is 0 Å². The molecule has 1 fully saturated rings. The van der Waals surface area contributed by atoms with E-state index < -0.39 is 0 Å². The summed E-state index contributed by atoms with van der Waals surface area (Å²) in [6, 6.07) is 7.01. The first-order valence-electron chi connectivity index (χ1n) is 7.82. The molecule has 0 radical (unpaired) electrons. The van der Waals surface area contributed by atoms with Gasteiger partial charge in [-0.3, -0.25) is 4.79 Å². The van der Waals surface area contributed by atoms with Crippen molar-refractivity contribution < 1.29 is 4.79 Å². The maximum atomic E-state index is 12.5. The zero-order valence-corrected chi connectivity index (χ0v) is 13.5. The van der Waals surface area contributed by atoms with E-state index in [1.807, 2.05) is 7.05 Å². The van der Waals surface area contributed by atoms with Gasteiger partial charge < -0.3 is 10.2 Å². The summed E-state index contributed by atoms with van der Waals surface area (Å²) in [6.07, 6.45) is 6.50. The Morgan fingerprint density at radius 3 is 2.90 bits per heavy atom. The van der Waals surface area contributed by atoms with Crippen molar-refractivity contribution in [3.05, 3.63) is 34.9 Å². The van der Waals surface area contributed by atoms with E-state index in [0.29, 0.717) is 18.4 Å². The molecule has 3 rings (SSSR count). The number of benzene rings is 1. The number of amides is 1. The van der Waals surface area contributed by atoms with Crippen molar-refractivity contribution in [1.82, 2.24) is 10.2 Å². The molecule has 3 nitrogen and oxygen atoms in total. The van der Waals surface area contributed by atoms with E-state index in [1.54, 1.807) is 0 Å². The van der Waals surface area contributed by atoms with Crippen molar-refractivity contribution in [2.45, 2.75) is 44.6 Å². The normalized spacial score (nSPS) is 20.2. The molecule has 2 aliphatic rings. The first-order valence-corrected chi connectivity index (χ1v) is 7.82. The van der Waals surface area contributed by atoms with Crippen molar-refractivity contribution in [2.24, 2.45) is 0 Å². The number of nitrogens with one attached hydrogen (secondary N) is 1. The van der Waals surface area contributed by atoms with Gasteiger partial charge in [-0.2, -0.15) is 0 Å². The lowest BCUT2D eigenvalue weighted by Crippen LogP contribution is -2.41. The summed E-state index contributed by atoms with van der Waals surface area (Å²) in [4.78, 5) is 14.6. The number of aryl methyl sites for hydroxylation is 2. The van der Waals surface area contributed by atoms with Crippen molar-refractivity contribution in [3.8, 4) is 0 Å². The summed E-state index contributed by atoms with van der Waals surface area (Å²) in [5, 5.41) is 3.20. The van der Waals surface area contributed by atoms with Gasteiger partial charge >= 0.3 is 0 Å². The number of likely N-dealkylation sites (N-methyl/N-ethyl adjacent to an activating group) is 1. The predicted octanol–water partition coefficient (Wildman–Crippen LogP) is 2.35. The number of hydrogen-bond donors (Lipinski definition) is 1. The highest BCUT2D eigenvalue weighted by Gasteiger charge is 2.28. The lowest BCUT2D eigenvalue weighted by molar-refractivity contribution is -0.131. The summed E-state index contributed by atoms with van der Waals surface area (Å²) in [5.74, 6) is 0.292. The molecule has 116 valence electrons. The minimum absolute atomic E-state index is 0. The van der Waals surface area contributed by atoms with Crippen LogP contribution in [-0.2, 0) is 24.1 Å². The molecule has 1 saturated heterocycles. The number of nitrogens with zero attached hydrogens (tertiary/aromatic N) is 1. The van der Waals surface area contributed by atoms with Gasteiger partial charge in [-0.15, -0.1) is 12.4 Å². The maximum Gasteiger partial charge on any atom is 0.227 e. The van der Waals surface area contributed by atoms with Gasteiger partial charge in [-0.25, -0.2) is 0 Å². The van der Waals surface area contributed by atoms with Crippen LogP contribution in [0.15, 0.2) is 18.2 Å². The molecule has 4 heteroatoms. The number of fused-ring (bicyclic) bond motifs is 1. The summed E-state index contributed by atoms with van der Waals surface area (Å²) < 4.78 is 0. The standard InChI is InChI=1S/C17H24N2O.ClH/c1-18-12-16-6-3-9-19(16)17(20)11-13-7-8-14-4-2-5-15(14)10-13;/h7-8,10,16,18H,2-6,9,11-12H2,1H3;1H. The van der Waals surface area contributed by atoms with Gasteiger partial charge in [-0.1, -0.05) is 18.2 Å². The largest absolute Gasteiger partial charge is 0.338 e. The van der Waals surface area contributed by atoms with Gasteiger partial charge in [0.05, 0.1) is 6.42 Å². The van der Waals surface area contributed by atoms with Crippen molar-refractivity contribution >= 4 is 18.3 Å². The quantitative estimate of drug-likeness (QED) is 0.926. The highest BCUT2D eigenvalue weighted by Crippen LogP contribution is 2.24. The second kappa shape index (κ2) is 7.28. The van der Waals surface area contributed by atoms with Crippen LogP contribution in [0.1, 0.15) is 36.0 Å². The minimum atomic E-state index is 0. The molecule has 0 saturated carbocycles. The molecule has 1 aliphatic carbocycles. The van der Waals surface area contributed by atoms with Crippen molar-refractivity contribution in [2.75, 3.05) is 20.1 Å². The van der Waals surface area contributed by atoms with E-state index in [-0.39, 0.29) is 12.4 Å². The molecule has 1 unspecified atom stereocenters. The van der Waals surface area contributed by atoms with E-state index in [2.05, 4.69) is 28.4 Å². The molecule has 1 N–H and O–H groups in total. The Bertz CT molecular complexity index is 504. The third-order valence-corrected chi connectivity index (χ3v) is 4.66. The fourth-order valence-electron chi connectivity index (χ4n) is 3.62. The number of carbonyl (C=O) groups excluding carboxylic acids is 1. The minimum Gasteiger partial charge on any atom is -0.338 e. The Balaban J connectivity index is 0.00000161. The predicted molar refractivity (Wildman–Crippen MR) is 88.1 cm³/mol. The van der Waals surface area contributed by atoms with E-state index in [1.165, 1.54) is 36.0 Å². The molecule has 1 atom stereocenters. The highest BCUT2D eigenvalue weighted by molar-refractivity contribution is 5.85. The molecule has 1 amide bonds. The molecule has 0 aromatic heterocycles. The SMILES string of the molecule is CNCC1CCCN1C(=O)Cc1ccc2c(c1)CCC2.Cl. The third-order valence-electron chi connectivity index (χ3n) is 4.66. The van der Waals surface area contributed by atoms with Crippen LogP contribution in [0.25, 0.3) is 0 Å². The molecule has 0 spiro atoms. The maximum absolute atomic E-state index is 12.5. The molecule has 1 aromatic carbocycles. The average Bonchev–Trinajstić information content (AvgIpc) is 3.07. The van der Waals surface area contributed by atoms with Crippen LogP contribution in [0.5, 0.6) is 0 Å². The number of hydrogen-bond acceptors (Lipinski definition) is 2. The van der Waals surface area contributed by atoms with Crippen LogP contribution in [-0.4, -0.2) is 37.0 Å². The van der Waals surface area contributed by atoms with Crippen molar-refractivity contribution in [3.63, 3.8) is 0 Å². The Kier molecular flexibility index (Phi) is 5.65. The topological polar surface area (TPSA) is 32.3 Å². The van der Waals surface area contributed by atoms with E-state index in [4.69, 9.17) is 0 Å². The van der Waals surface area contributed by atoms with Crippen LogP contribution in [0, 0.1) is 0 Å². The highest BCUT2D eigenvalue weighted by atomic mass is 35.5. The lowest BCUT2D eigenvalue weighted by Gasteiger charge is -2.24. The number of rotatable bonds is 4. The molecule has 1 aromatic rings. The summed E-state index contributed by atoms with van der Waals surface area (Å²) in [5.41, 5.74) is 4.13. The Labute approximate surface area is 133 Å². The fraction of sp³-hybridized carbons (Fsp3) is 0.588. The Morgan fingerprint density at radius 2 is 2.10 bits per heavy atom. The van der Waals surface area contributed by atoms with Crippen LogP contribution in [0.2, 0.25) is 0 Å². The number of halogens is 1. The summed E-state index contributed by atoms with van der Waals surface area (Å²) in [6.45, 7) is 1.84. The third kappa shape index (κ3) is 3.58. The molecule has 0 bridgehead atoms. The average molecular weight is 309 g/mol. The number of likely N-dealkylation sites (tertiary alicyclic amines) is 1. The molecular formula is C17H25ClN2O. The number of carbonyl (C=O) groups is 1. The van der Waals surface area contributed by atoms with Gasteiger partial charge in [-0.05, 0) is 55.8 Å². The smallest absolute Gasteiger partial charge is 0.227 e.